The van der Waals surface area contributed by atoms with Gasteiger partial charge in [0.15, 0.2) is 0 Å². The highest BCUT2D eigenvalue weighted by molar-refractivity contribution is 6.29. The van der Waals surface area contributed by atoms with Crippen LogP contribution < -0.4 is 5.32 Å². The molecule has 22 heavy (non-hydrogen) atoms. The smallest absolute Gasteiger partial charge is 0.135 e. The molecule has 0 atom stereocenters. The molecule has 122 valence electrons. The second-order valence-electron chi connectivity index (χ2n) is 7.49. The molecular weight excluding hydrogens is 298 g/mol. The van der Waals surface area contributed by atoms with Crippen molar-refractivity contribution in [3.05, 3.63) is 17.0 Å². The molecule has 2 heterocycles. The van der Waals surface area contributed by atoms with Gasteiger partial charge in [-0.25, -0.2) is 9.97 Å². The van der Waals surface area contributed by atoms with Crippen LogP contribution in [0.25, 0.3) is 0 Å². The van der Waals surface area contributed by atoms with Crippen molar-refractivity contribution in [2.24, 2.45) is 11.3 Å². The maximum Gasteiger partial charge on any atom is 0.135 e. The molecule has 1 saturated heterocycles. The molecule has 0 amide bonds. The molecule has 2 fully saturated rings. The minimum atomic E-state index is 0.235. The van der Waals surface area contributed by atoms with Gasteiger partial charge in [0.1, 0.15) is 16.8 Å². The molecule has 0 unspecified atom stereocenters. The number of halogens is 1. The largest absolute Gasteiger partial charge is 0.381 e. The Bertz CT molecular complexity index is 511. The van der Waals surface area contributed by atoms with Crippen molar-refractivity contribution in [3.63, 3.8) is 0 Å². The van der Waals surface area contributed by atoms with E-state index in [2.05, 4.69) is 29.1 Å². The summed E-state index contributed by atoms with van der Waals surface area (Å²) < 4.78 is 5.45. The van der Waals surface area contributed by atoms with E-state index in [9.17, 15) is 0 Å². The van der Waals surface area contributed by atoms with Crippen LogP contribution in [0.1, 0.15) is 57.7 Å². The van der Waals surface area contributed by atoms with E-state index >= 15 is 0 Å². The minimum Gasteiger partial charge on any atom is -0.381 e. The van der Waals surface area contributed by atoms with Crippen LogP contribution in [0, 0.1) is 11.3 Å². The maximum atomic E-state index is 6.12. The van der Waals surface area contributed by atoms with E-state index in [0.29, 0.717) is 11.1 Å². The fourth-order valence-corrected chi connectivity index (χ4v) is 3.37. The highest BCUT2D eigenvalue weighted by atomic mass is 35.5. The van der Waals surface area contributed by atoms with Crippen molar-refractivity contribution in [1.29, 1.82) is 0 Å². The third-order valence-electron chi connectivity index (χ3n) is 4.58. The fraction of sp³-hybridized carbons (Fsp3) is 0.765. The fourth-order valence-electron chi connectivity index (χ4n) is 3.18. The third kappa shape index (κ3) is 4.56. The number of nitrogens with zero attached hydrogens (tertiary/aromatic N) is 2. The van der Waals surface area contributed by atoms with Gasteiger partial charge in [-0.15, -0.1) is 0 Å². The molecule has 1 saturated carbocycles. The molecule has 1 aromatic rings. The molecular formula is C17H26ClN3O. The van der Waals surface area contributed by atoms with Gasteiger partial charge in [0.05, 0.1) is 0 Å². The van der Waals surface area contributed by atoms with Crippen molar-refractivity contribution < 1.29 is 4.74 Å². The minimum absolute atomic E-state index is 0.235. The van der Waals surface area contributed by atoms with Crippen LogP contribution in [0.15, 0.2) is 6.07 Å². The number of nitrogens with one attached hydrogen (secondary N) is 1. The Balaban J connectivity index is 1.56. The van der Waals surface area contributed by atoms with Gasteiger partial charge in [-0.3, -0.25) is 0 Å². The number of hydrogen-bond donors (Lipinski definition) is 1. The van der Waals surface area contributed by atoms with Gasteiger partial charge in [-0.2, -0.15) is 0 Å². The highest BCUT2D eigenvalue weighted by Gasteiger charge is 2.28. The second kappa shape index (κ2) is 6.71. The first-order valence-electron chi connectivity index (χ1n) is 8.38. The predicted octanol–water partition coefficient (Wildman–Crippen LogP) is 4.26. The predicted molar refractivity (Wildman–Crippen MR) is 89.4 cm³/mol. The van der Waals surface area contributed by atoms with Crippen molar-refractivity contribution in [2.75, 3.05) is 25.1 Å². The Kier molecular flexibility index (Phi) is 4.88. The Hall–Kier alpha value is -0.870. The Labute approximate surface area is 138 Å². The second-order valence-corrected chi connectivity index (χ2v) is 7.87. The molecule has 1 aliphatic carbocycles. The molecule has 3 rings (SSSR count). The van der Waals surface area contributed by atoms with E-state index in [4.69, 9.17) is 16.3 Å². The van der Waals surface area contributed by atoms with Gasteiger partial charge in [0.25, 0.3) is 0 Å². The first-order chi connectivity index (χ1) is 10.5. The summed E-state index contributed by atoms with van der Waals surface area (Å²) in [7, 11) is 0. The van der Waals surface area contributed by atoms with Crippen LogP contribution in [0.4, 0.5) is 5.82 Å². The maximum absolute atomic E-state index is 6.12. The summed E-state index contributed by atoms with van der Waals surface area (Å²) in [6.45, 7) is 7.38. The zero-order chi connectivity index (χ0) is 15.6. The molecule has 1 aliphatic heterocycles. The summed E-state index contributed by atoms with van der Waals surface area (Å²) in [6, 6.07) is 1.83. The van der Waals surface area contributed by atoms with E-state index in [0.717, 1.165) is 37.3 Å². The monoisotopic (exact) mass is 323 g/mol. The Morgan fingerprint density at radius 3 is 2.64 bits per heavy atom. The van der Waals surface area contributed by atoms with Crippen molar-refractivity contribution in [3.8, 4) is 0 Å². The summed E-state index contributed by atoms with van der Waals surface area (Å²) in [5, 5.41) is 4.01. The molecule has 5 heteroatoms. The highest BCUT2D eigenvalue weighted by Crippen LogP contribution is 2.39. The normalized spacial score (nSPS) is 20.1. The van der Waals surface area contributed by atoms with Crippen molar-refractivity contribution in [2.45, 2.75) is 51.9 Å². The van der Waals surface area contributed by atoms with Crippen LogP contribution in [0.5, 0.6) is 0 Å². The zero-order valence-electron chi connectivity index (χ0n) is 13.6. The first-order valence-corrected chi connectivity index (χ1v) is 8.76. The van der Waals surface area contributed by atoms with E-state index < -0.39 is 0 Å². The van der Waals surface area contributed by atoms with Crippen molar-refractivity contribution >= 4 is 17.4 Å². The van der Waals surface area contributed by atoms with Gasteiger partial charge < -0.3 is 10.1 Å². The van der Waals surface area contributed by atoms with Gasteiger partial charge in [0.2, 0.25) is 0 Å². The lowest BCUT2D eigenvalue weighted by Gasteiger charge is -2.32. The summed E-state index contributed by atoms with van der Waals surface area (Å²) >= 11 is 6.12. The lowest BCUT2D eigenvalue weighted by molar-refractivity contribution is 0.0526. The summed E-state index contributed by atoms with van der Waals surface area (Å²) in [5.74, 6) is 3.07. The molecule has 1 N–H and O–H groups in total. The number of ether oxygens (including phenoxy) is 1. The van der Waals surface area contributed by atoms with Crippen LogP contribution in [0.3, 0.4) is 0 Å². The van der Waals surface area contributed by atoms with Crippen LogP contribution in [-0.4, -0.2) is 29.7 Å². The summed E-state index contributed by atoms with van der Waals surface area (Å²) in [5.41, 5.74) is 0.235. The Morgan fingerprint density at radius 1 is 1.23 bits per heavy atom. The topological polar surface area (TPSA) is 47.0 Å². The molecule has 1 aromatic heterocycles. The molecule has 0 aromatic carbocycles. The summed E-state index contributed by atoms with van der Waals surface area (Å²) in [4.78, 5) is 8.95. The average molecular weight is 324 g/mol. The quantitative estimate of drug-likeness (QED) is 0.794. The van der Waals surface area contributed by atoms with Crippen LogP contribution >= 0.6 is 11.6 Å². The Morgan fingerprint density at radius 2 is 1.95 bits per heavy atom. The molecule has 0 radical (unpaired) electrons. The van der Waals surface area contributed by atoms with Gasteiger partial charge in [-0.05, 0) is 43.4 Å². The lowest BCUT2D eigenvalue weighted by Crippen LogP contribution is -2.29. The third-order valence-corrected chi connectivity index (χ3v) is 4.78. The molecule has 0 bridgehead atoms. The van der Waals surface area contributed by atoms with E-state index in [1.807, 2.05) is 6.07 Å². The molecule has 4 nitrogen and oxygen atoms in total. The molecule has 2 aliphatic rings. The number of rotatable bonds is 6. The summed E-state index contributed by atoms with van der Waals surface area (Å²) in [6.07, 6.45) is 5.98. The number of hydrogen-bond acceptors (Lipinski definition) is 4. The average Bonchev–Trinajstić information content (AvgIpc) is 3.30. The molecule has 0 spiro atoms. The van der Waals surface area contributed by atoms with E-state index in [1.54, 1.807) is 0 Å². The number of anilines is 1. The van der Waals surface area contributed by atoms with Gasteiger partial charge >= 0.3 is 0 Å². The SMILES string of the molecule is CC(C)(CNc1cc(Cl)nc(C2CC2)n1)CC1CCOCC1. The van der Waals surface area contributed by atoms with Crippen LogP contribution in [-0.2, 0) is 4.74 Å². The van der Waals surface area contributed by atoms with E-state index in [1.165, 1.54) is 32.1 Å². The van der Waals surface area contributed by atoms with Gasteiger partial charge in [-0.1, -0.05) is 25.4 Å². The van der Waals surface area contributed by atoms with Crippen molar-refractivity contribution in [1.82, 2.24) is 9.97 Å². The lowest BCUT2D eigenvalue weighted by atomic mass is 9.80. The van der Waals surface area contributed by atoms with E-state index in [-0.39, 0.29) is 5.41 Å². The van der Waals surface area contributed by atoms with Gasteiger partial charge in [0, 0.05) is 31.7 Å². The van der Waals surface area contributed by atoms with Crippen LogP contribution in [0.2, 0.25) is 5.15 Å². The zero-order valence-corrected chi connectivity index (χ0v) is 14.3. The first kappa shape index (κ1) is 16.0. The number of aromatic nitrogens is 2. The standard InChI is InChI=1S/C17H26ClN3O/c1-17(2,10-12-5-7-22-8-6-12)11-19-15-9-14(18)20-16(21-15)13-3-4-13/h9,12-13H,3-8,10-11H2,1-2H3,(H,19,20,21).